The Morgan fingerprint density at radius 2 is 1.70 bits per heavy atom. The van der Waals surface area contributed by atoms with E-state index in [0.29, 0.717) is 18.5 Å². The zero-order valence-electron chi connectivity index (χ0n) is 14.5. The average Bonchev–Trinajstić information content (AvgIpc) is 3.41. The molecule has 0 aromatic heterocycles. The van der Waals surface area contributed by atoms with E-state index in [2.05, 4.69) is 11.8 Å². The van der Waals surface area contributed by atoms with Gasteiger partial charge in [-0.2, -0.15) is 0 Å². The van der Waals surface area contributed by atoms with Crippen molar-refractivity contribution < 1.29 is 9.53 Å². The molecule has 0 unspecified atom stereocenters. The second-order valence-corrected chi connectivity index (χ2v) is 7.10. The van der Waals surface area contributed by atoms with Crippen LogP contribution in [-0.4, -0.2) is 30.0 Å². The monoisotopic (exact) mass is 315 g/mol. The minimum Gasteiger partial charge on any atom is -0.496 e. The summed E-state index contributed by atoms with van der Waals surface area (Å²) >= 11 is 0. The van der Waals surface area contributed by atoms with E-state index < -0.39 is 0 Å². The first-order chi connectivity index (χ1) is 11.2. The predicted octanol–water partition coefficient (Wildman–Crippen LogP) is 4.20. The third-order valence-electron chi connectivity index (χ3n) is 5.55. The maximum atomic E-state index is 13.0. The zero-order valence-corrected chi connectivity index (χ0v) is 14.5. The van der Waals surface area contributed by atoms with E-state index in [9.17, 15) is 4.79 Å². The summed E-state index contributed by atoms with van der Waals surface area (Å²) in [6, 6.07) is 8.86. The molecule has 1 amide bonds. The Morgan fingerprint density at radius 3 is 2.26 bits per heavy atom. The van der Waals surface area contributed by atoms with Crippen LogP contribution in [0.25, 0.3) is 0 Å². The molecular weight excluding hydrogens is 286 g/mol. The Kier molecular flexibility index (Phi) is 5.24. The van der Waals surface area contributed by atoms with E-state index in [0.717, 1.165) is 17.2 Å². The molecule has 126 valence electrons. The van der Waals surface area contributed by atoms with Crippen LogP contribution < -0.4 is 4.74 Å². The molecule has 1 aromatic carbocycles. The van der Waals surface area contributed by atoms with Gasteiger partial charge in [0.25, 0.3) is 0 Å². The van der Waals surface area contributed by atoms with Crippen molar-refractivity contribution >= 4 is 5.91 Å². The summed E-state index contributed by atoms with van der Waals surface area (Å²) in [4.78, 5) is 15.2. The van der Waals surface area contributed by atoms with Crippen molar-refractivity contribution in [2.75, 3.05) is 7.11 Å². The standard InChI is InChI=1S/C20H29NO2/c1-3-15-8-10-17(11-9-15)21(18-12-13-18)20(22)14-16-6-4-5-7-19(16)23-2/h4-7,15,17-18H,3,8-14H2,1-2H3. The lowest BCUT2D eigenvalue weighted by molar-refractivity contribution is -0.134. The smallest absolute Gasteiger partial charge is 0.227 e. The Bertz CT molecular complexity index is 530. The molecule has 2 saturated carbocycles. The highest BCUT2D eigenvalue weighted by atomic mass is 16.5. The van der Waals surface area contributed by atoms with Crippen molar-refractivity contribution in [3.8, 4) is 5.75 Å². The molecule has 3 nitrogen and oxygen atoms in total. The third kappa shape index (κ3) is 3.88. The lowest BCUT2D eigenvalue weighted by Crippen LogP contribution is -2.44. The van der Waals surface area contributed by atoms with Gasteiger partial charge in [-0.3, -0.25) is 4.79 Å². The summed E-state index contributed by atoms with van der Waals surface area (Å²) in [5.41, 5.74) is 1.01. The van der Waals surface area contributed by atoms with Gasteiger partial charge in [0.2, 0.25) is 5.91 Å². The second-order valence-electron chi connectivity index (χ2n) is 7.10. The minimum atomic E-state index is 0.289. The number of amides is 1. The molecule has 23 heavy (non-hydrogen) atoms. The van der Waals surface area contributed by atoms with Gasteiger partial charge in [0.1, 0.15) is 5.75 Å². The fourth-order valence-corrected chi connectivity index (χ4v) is 3.99. The summed E-state index contributed by atoms with van der Waals surface area (Å²) in [5.74, 6) is 1.99. The highest BCUT2D eigenvalue weighted by Crippen LogP contribution is 2.36. The molecule has 0 bridgehead atoms. The molecule has 0 aliphatic heterocycles. The van der Waals surface area contributed by atoms with Gasteiger partial charge in [0, 0.05) is 17.6 Å². The van der Waals surface area contributed by atoms with Crippen LogP contribution in [0.4, 0.5) is 0 Å². The normalized spacial score (nSPS) is 24.3. The summed E-state index contributed by atoms with van der Waals surface area (Å²) < 4.78 is 5.41. The third-order valence-corrected chi connectivity index (χ3v) is 5.55. The average molecular weight is 315 g/mol. The number of carbonyl (C=O) groups is 1. The number of hydrogen-bond acceptors (Lipinski definition) is 2. The van der Waals surface area contributed by atoms with Crippen LogP contribution in [0, 0.1) is 5.92 Å². The SMILES string of the molecule is CCC1CCC(N(C(=O)Cc2ccccc2OC)C2CC2)CC1. The highest BCUT2D eigenvalue weighted by Gasteiger charge is 2.38. The van der Waals surface area contributed by atoms with Crippen LogP contribution in [0.5, 0.6) is 5.75 Å². The van der Waals surface area contributed by atoms with Gasteiger partial charge in [0.05, 0.1) is 13.5 Å². The second kappa shape index (κ2) is 7.37. The quantitative estimate of drug-likeness (QED) is 0.787. The van der Waals surface area contributed by atoms with Gasteiger partial charge >= 0.3 is 0 Å². The Labute approximate surface area is 140 Å². The number of rotatable bonds is 6. The molecule has 2 aliphatic carbocycles. The van der Waals surface area contributed by atoms with Crippen molar-refractivity contribution in [1.29, 1.82) is 0 Å². The molecule has 0 radical (unpaired) electrons. The molecule has 2 fully saturated rings. The van der Waals surface area contributed by atoms with Crippen LogP contribution in [0.1, 0.15) is 57.4 Å². The van der Waals surface area contributed by atoms with Gasteiger partial charge in [-0.15, -0.1) is 0 Å². The number of nitrogens with zero attached hydrogens (tertiary/aromatic N) is 1. The van der Waals surface area contributed by atoms with Crippen LogP contribution >= 0.6 is 0 Å². The van der Waals surface area contributed by atoms with E-state index in [-0.39, 0.29) is 5.91 Å². The predicted molar refractivity (Wildman–Crippen MR) is 92.6 cm³/mol. The summed E-state index contributed by atoms with van der Waals surface area (Å²) in [6.07, 6.45) is 9.06. The van der Waals surface area contributed by atoms with E-state index in [1.807, 2.05) is 24.3 Å². The molecular formula is C20H29NO2. The molecule has 1 aromatic rings. The first-order valence-electron chi connectivity index (χ1n) is 9.16. The van der Waals surface area contributed by atoms with Crippen molar-refractivity contribution in [1.82, 2.24) is 4.90 Å². The lowest BCUT2D eigenvalue weighted by Gasteiger charge is -2.37. The Hall–Kier alpha value is -1.51. The minimum absolute atomic E-state index is 0.289. The van der Waals surface area contributed by atoms with Crippen molar-refractivity contribution in [3.63, 3.8) is 0 Å². The number of para-hydroxylation sites is 1. The van der Waals surface area contributed by atoms with E-state index >= 15 is 0 Å². The molecule has 0 saturated heterocycles. The molecule has 0 heterocycles. The molecule has 3 rings (SSSR count). The summed E-state index contributed by atoms with van der Waals surface area (Å²) in [7, 11) is 1.67. The van der Waals surface area contributed by atoms with Gasteiger partial charge in [-0.05, 0) is 50.5 Å². The lowest BCUT2D eigenvalue weighted by atomic mass is 9.83. The van der Waals surface area contributed by atoms with Gasteiger partial charge in [-0.1, -0.05) is 31.5 Å². The molecule has 0 N–H and O–H groups in total. The summed E-state index contributed by atoms with van der Waals surface area (Å²) in [5, 5.41) is 0. The van der Waals surface area contributed by atoms with Crippen molar-refractivity contribution in [3.05, 3.63) is 29.8 Å². The van der Waals surface area contributed by atoms with Gasteiger partial charge in [0.15, 0.2) is 0 Å². The van der Waals surface area contributed by atoms with Gasteiger partial charge < -0.3 is 9.64 Å². The number of ether oxygens (including phenoxy) is 1. The van der Waals surface area contributed by atoms with Gasteiger partial charge in [-0.25, -0.2) is 0 Å². The first-order valence-corrected chi connectivity index (χ1v) is 9.16. The maximum Gasteiger partial charge on any atom is 0.227 e. The molecule has 3 heteroatoms. The van der Waals surface area contributed by atoms with Crippen LogP contribution in [0.15, 0.2) is 24.3 Å². The Morgan fingerprint density at radius 1 is 1.09 bits per heavy atom. The zero-order chi connectivity index (χ0) is 16.2. The summed E-state index contributed by atoms with van der Waals surface area (Å²) in [6.45, 7) is 2.29. The number of benzene rings is 1. The number of hydrogen-bond donors (Lipinski definition) is 0. The van der Waals surface area contributed by atoms with E-state index in [1.54, 1.807) is 7.11 Å². The van der Waals surface area contributed by atoms with E-state index in [4.69, 9.17) is 4.74 Å². The van der Waals surface area contributed by atoms with Crippen LogP contribution in [0.3, 0.4) is 0 Å². The van der Waals surface area contributed by atoms with Crippen molar-refractivity contribution in [2.24, 2.45) is 5.92 Å². The number of carbonyl (C=O) groups excluding carboxylic acids is 1. The largest absolute Gasteiger partial charge is 0.496 e. The van der Waals surface area contributed by atoms with Crippen LogP contribution in [-0.2, 0) is 11.2 Å². The fourth-order valence-electron chi connectivity index (χ4n) is 3.99. The molecule has 2 aliphatic rings. The number of methoxy groups -OCH3 is 1. The van der Waals surface area contributed by atoms with Crippen LogP contribution in [0.2, 0.25) is 0 Å². The Balaban J connectivity index is 1.68. The van der Waals surface area contributed by atoms with Crippen molar-refractivity contribution in [2.45, 2.75) is 70.4 Å². The maximum absolute atomic E-state index is 13.0. The first kappa shape index (κ1) is 16.4. The molecule has 0 atom stereocenters. The fraction of sp³-hybridized carbons (Fsp3) is 0.650. The highest BCUT2D eigenvalue weighted by molar-refractivity contribution is 5.80. The topological polar surface area (TPSA) is 29.5 Å². The molecule has 0 spiro atoms. The van der Waals surface area contributed by atoms with E-state index in [1.165, 1.54) is 44.9 Å².